The standard InChI is InChI=1S/C16H20N2O/c1-2-9-17-16(19)11-7-8-15-13(10-11)12-5-3-4-6-14(12)18-15/h3-6,10-11,15,18H,2,7-9H2,1H3,(H,17,19). The van der Waals surface area contributed by atoms with Gasteiger partial charge in [-0.25, -0.2) is 0 Å². The third kappa shape index (κ3) is 2.25. The highest BCUT2D eigenvalue weighted by Crippen LogP contribution is 2.41. The molecule has 0 bridgehead atoms. The molecule has 1 amide bonds. The summed E-state index contributed by atoms with van der Waals surface area (Å²) in [6.07, 6.45) is 5.12. The minimum absolute atomic E-state index is 0.0331. The third-order valence-electron chi connectivity index (χ3n) is 3.98. The quantitative estimate of drug-likeness (QED) is 0.873. The van der Waals surface area contributed by atoms with Crippen molar-refractivity contribution in [2.75, 3.05) is 11.9 Å². The molecule has 100 valence electrons. The van der Waals surface area contributed by atoms with Crippen LogP contribution >= 0.6 is 0 Å². The largest absolute Gasteiger partial charge is 0.378 e. The lowest BCUT2D eigenvalue weighted by Gasteiger charge is -2.24. The van der Waals surface area contributed by atoms with E-state index in [-0.39, 0.29) is 11.8 Å². The average Bonchev–Trinajstić information content (AvgIpc) is 2.82. The summed E-state index contributed by atoms with van der Waals surface area (Å²) in [5.41, 5.74) is 3.77. The first-order valence-electron chi connectivity index (χ1n) is 7.15. The van der Waals surface area contributed by atoms with Gasteiger partial charge in [0.25, 0.3) is 0 Å². The fraction of sp³-hybridized carbons (Fsp3) is 0.438. The van der Waals surface area contributed by atoms with Crippen molar-refractivity contribution in [3.05, 3.63) is 35.9 Å². The zero-order chi connectivity index (χ0) is 13.2. The van der Waals surface area contributed by atoms with Crippen LogP contribution in [0.4, 0.5) is 5.69 Å². The molecule has 2 N–H and O–H groups in total. The molecule has 3 nitrogen and oxygen atoms in total. The lowest BCUT2D eigenvalue weighted by molar-refractivity contribution is -0.123. The second kappa shape index (κ2) is 5.08. The second-order valence-corrected chi connectivity index (χ2v) is 5.34. The number of hydrogen-bond acceptors (Lipinski definition) is 2. The van der Waals surface area contributed by atoms with E-state index in [4.69, 9.17) is 0 Å². The minimum Gasteiger partial charge on any atom is -0.378 e. The van der Waals surface area contributed by atoms with Crippen LogP contribution in [0, 0.1) is 5.92 Å². The fourth-order valence-electron chi connectivity index (χ4n) is 2.98. The zero-order valence-electron chi connectivity index (χ0n) is 11.3. The molecule has 0 fully saturated rings. The molecule has 0 aromatic heterocycles. The Morgan fingerprint density at radius 2 is 2.21 bits per heavy atom. The number of benzene rings is 1. The van der Waals surface area contributed by atoms with E-state index >= 15 is 0 Å². The van der Waals surface area contributed by atoms with Crippen molar-refractivity contribution in [3.8, 4) is 0 Å². The van der Waals surface area contributed by atoms with E-state index in [0.29, 0.717) is 6.04 Å². The number of para-hydroxylation sites is 1. The Morgan fingerprint density at radius 1 is 1.37 bits per heavy atom. The molecular weight excluding hydrogens is 236 g/mol. The predicted octanol–water partition coefficient (Wildman–Crippen LogP) is 2.80. The lowest BCUT2D eigenvalue weighted by atomic mass is 9.85. The Hall–Kier alpha value is -1.77. The number of fused-ring (bicyclic) bond motifs is 3. The molecule has 0 radical (unpaired) electrons. The summed E-state index contributed by atoms with van der Waals surface area (Å²) < 4.78 is 0. The van der Waals surface area contributed by atoms with E-state index < -0.39 is 0 Å². The van der Waals surface area contributed by atoms with Gasteiger partial charge in [0.15, 0.2) is 0 Å². The van der Waals surface area contributed by atoms with Crippen LogP contribution < -0.4 is 10.6 Å². The van der Waals surface area contributed by atoms with Gasteiger partial charge in [0.2, 0.25) is 5.91 Å². The van der Waals surface area contributed by atoms with Crippen LogP contribution in [0.5, 0.6) is 0 Å². The van der Waals surface area contributed by atoms with E-state index in [9.17, 15) is 4.79 Å². The van der Waals surface area contributed by atoms with Gasteiger partial charge in [-0.1, -0.05) is 31.2 Å². The fourth-order valence-corrected chi connectivity index (χ4v) is 2.98. The molecule has 1 heterocycles. The van der Waals surface area contributed by atoms with Crippen LogP contribution in [0.25, 0.3) is 5.57 Å². The van der Waals surface area contributed by atoms with Crippen LogP contribution in [0.3, 0.4) is 0 Å². The van der Waals surface area contributed by atoms with E-state index in [1.54, 1.807) is 0 Å². The molecule has 0 saturated heterocycles. The smallest absolute Gasteiger partial charge is 0.226 e. The van der Waals surface area contributed by atoms with Crippen LogP contribution in [0.1, 0.15) is 31.7 Å². The maximum absolute atomic E-state index is 12.1. The van der Waals surface area contributed by atoms with Crippen LogP contribution in [0.2, 0.25) is 0 Å². The van der Waals surface area contributed by atoms with Gasteiger partial charge in [-0.2, -0.15) is 0 Å². The van der Waals surface area contributed by atoms with Gasteiger partial charge < -0.3 is 10.6 Å². The van der Waals surface area contributed by atoms with Crippen LogP contribution in [0.15, 0.2) is 30.3 Å². The molecule has 2 aliphatic rings. The summed E-state index contributed by atoms with van der Waals surface area (Å²) in [6, 6.07) is 8.76. The number of amides is 1. The molecule has 0 saturated carbocycles. The molecule has 1 aliphatic carbocycles. The number of rotatable bonds is 3. The summed E-state index contributed by atoms with van der Waals surface area (Å²) in [5, 5.41) is 6.54. The molecule has 19 heavy (non-hydrogen) atoms. The first kappa shape index (κ1) is 12.3. The van der Waals surface area contributed by atoms with Gasteiger partial charge >= 0.3 is 0 Å². The summed E-state index contributed by atoms with van der Waals surface area (Å²) in [7, 11) is 0. The highest BCUT2D eigenvalue weighted by molar-refractivity contribution is 5.91. The van der Waals surface area contributed by atoms with E-state index in [1.807, 2.05) is 0 Å². The van der Waals surface area contributed by atoms with Crippen molar-refractivity contribution >= 4 is 17.2 Å². The van der Waals surface area contributed by atoms with Crippen molar-refractivity contribution in [3.63, 3.8) is 0 Å². The zero-order valence-corrected chi connectivity index (χ0v) is 11.3. The number of hydrogen-bond donors (Lipinski definition) is 2. The van der Waals surface area contributed by atoms with Gasteiger partial charge in [0.05, 0.1) is 12.0 Å². The Kier molecular flexibility index (Phi) is 3.28. The van der Waals surface area contributed by atoms with Crippen molar-refractivity contribution in [2.45, 2.75) is 32.2 Å². The number of carbonyl (C=O) groups is 1. The lowest BCUT2D eigenvalue weighted by Crippen LogP contribution is -2.33. The molecule has 0 spiro atoms. The first-order chi connectivity index (χ1) is 9.29. The molecule has 2 unspecified atom stereocenters. The van der Waals surface area contributed by atoms with E-state index in [1.165, 1.54) is 16.8 Å². The minimum atomic E-state index is 0.0331. The van der Waals surface area contributed by atoms with Gasteiger partial charge in [0, 0.05) is 17.8 Å². The topological polar surface area (TPSA) is 41.1 Å². The van der Waals surface area contributed by atoms with E-state index in [0.717, 1.165) is 25.8 Å². The normalized spacial score (nSPS) is 23.9. The maximum Gasteiger partial charge on any atom is 0.226 e. The predicted molar refractivity (Wildman–Crippen MR) is 77.9 cm³/mol. The van der Waals surface area contributed by atoms with Gasteiger partial charge in [-0.3, -0.25) is 4.79 Å². The molecule has 2 atom stereocenters. The summed E-state index contributed by atoms with van der Waals surface area (Å²) in [5.74, 6) is 0.211. The van der Waals surface area contributed by atoms with Gasteiger partial charge in [-0.15, -0.1) is 0 Å². The maximum atomic E-state index is 12.1. The summed E-state index contributed by atoms with van der Waals surface area (Å²) in [4.78, 5) is 12.1. The summed E-state index contributed by atoms with van der Waals surface area (Å²) in [6.45, 7) is 2.85. The SMILES string of the molecule is CCCNC(=O)C1C=C2c3ccccc3NC2CC1. The third-order valence-corrected chi connectivity index (χ3v) is 3.98. The van der Waals surface area contributed by atoms with Gasteiger partial charge in [-0.05, 0) is 30.9 Å². The molecule has 3 rings (SSSR count). The van der Waals surface area contributed by atoms with Crippen LogP contribution in [-0.2, 0) is 4.79 Å². The van der Waals surface area contributed by atoms with Crippen molar-refractivity contribution in [1.82, 2.24) is 5.32 Å². The number of carbonyl (C=O) groups excluding carboxylic acids is 1. The second-order valence-electron chi connectivity index (χ2n) is 5.34. The molecule has 1 aliphatic heterocycles. The highest BCUT2D eigenvalue weighted by Gasteiger charge is 2.32. The van der Waals surface area contributed by atoms with E-state index in [2.05, 4.69) is 47.9 Å². The molecular formula is C16H20N2O. The number of nitrogens with one attached hydrogen (secondary N) is 2. The summed E-state index contributed by atoms with van der Waals surface area (Å²) >= 11 is 0. The highest BCUT2D eigenvalue weighted by atomic mass is 16.1. The van der Waals surface area contributed by atoms with Crippen molar-refractivity contribution in [2.24, 2.45) is 5.92 Å². The Morgan fingerprint density at radius 3 is 3.05 bits per heavy atom. The van der Waals surface area contributed by atoms with Crippen molar-refractivity contribution < 1.29 is 4.79 Å². The molecule has 1 aromatic rings. The van der Waals surface area contributed by atoms with Crippen molar-refractivity contribution in [1.29, 1.82) is 0 Å². The van der Waals surface area contributed by atoms with Gasteiger partial charge in [0.1, 0.15) is 0 Å². The molecule has 3 heteroatoms. The first-order valence-corrected chi connectivity index (χ1v) is 7.15. The Bertz CT molecular complexity index is 521. The Balaban J connectivity index is 1.83. The monoisotopic (exact) mass is 256 g/mol. The number of anilines is 1. The average molecular weight is 256 g/mol. The van der Waals surface area contributed by atoms with Crippen LogP contribution in [-0.4, -0.2) is 18.5 Å². The Labute approximate surface area is 114 Å². The molecule has 1 aromatic carbocycles.